The second kappa shape index (κ2) is 7.10. The third kappa shape index (κ3) is 4.77. The number of hydrogen-bond donors (Lipinski definition) is 2. The van der Waals surface area contributed by atoms with Crippen molar-refractivity contribution in [3.8, 4) is 0 Å². The molecule has 1 aliphatic heterocycles. The minimum atomic E-state index is -0.461. The van der Waals surface area contributed by atoms with Gasteiger partial charge in [-0.25, -0.2) is 4.79 Å². The highest BCUT2D eigenvalue weighted by atomic mass is 16.6. The van der Waals surface area contributed by atoms with E-state index in [-0.39, 0.29) is 12.1 Å². The van der Waals surface area contributed by atoms with E-state index < -0.39 is 5.60 Å². The molecule has 1 unspecified atom stereocenters. The van der Waals surface area contributed by atoms with Gasteiger partial charge in [-0.2, -0.15) is 5.10 Å². The summed E-state index contributed by atoms with van der Waals surface area (Å²) >= 11 is 0. The van der Waals surface area contributed by atoms with E-state index in [0.717, 1.165) is 43.9 Å². The lowest BCUT2D eigenvalue weighted by molar-refractivity contribution is 0.0501. The first kappa shape index (κ1) is 17.4. The molecule has 1 aromatic heterocycles. The van der Waals surface area contributed by atoms with Crippen LogP contribution in [0.2, 0.25) is 0 Å². The van der Waals surface area contributed by atoms with E-state index in [1.165, 1.54) is 0 Å². The largest absolute Gasteiger partial charge is 0.444 e. The maximum absolute atomic E-state index is 11.9. The molecule has 1 aromatic rings. The fourth-order valence-corrected chi connectivity index (χ4v) is 2.91. The van der Waals surface area contributed by atoms with Crippen LogP contribution in [0.5, 0.6) is 0 Å². The van der Waals surface area contributed by atoms with Crippen molar-refractivity contribution in [1.82, 2.24) is 15.1 Å². The highest BCUT2D eigenvalue weighted by molar-refractivity contribution is 5.68. The first-order valence-electron chi connectivity index (χ1n) is 8.24. The Morgan fingerprint density at radius 3 is 2.74 bits per heavy atom. The Balaban J connectivity index is 1.94. The van der Waals surface area contributed by atoms with Gasteiger partial charge in [-0.3, -0.25) is 4.68 Å². The van der Waals surface area contributed by atoms with Gasteiger partial charge in [0.1, 0.15) is 11.4 Å². The van der Waals surface area contributed by atoms with Gasteiger partial charge in [-0.1, -0.05) is 0 Å². The van der Waals surface area contributed by atoms with Gasteiger partial charge in [-0.15, -0.1) is 0 Å². The van der Waals surface area contributed by atoms with Crippen molar-refractivity contribution in [2.75, 3.05) is 30.4 Å². The zero-order valence-corrected chi connectivity index (χ0v) is 14.8. The van der Waals surface area contributed by atoms with Gasteiger partial charge in [0.2, 0.25) is 0 Å². The number of nitrogens with zero attached hydrogens (tertiary/aromatic N) is 3. The molecule has 1 fully saturated rings. The van der Waals surface area contributed by atoms with E-state index in [4.69, 9.17) is 4.74 Å². The van der Waals surface area contributed by atoms with Crippen LogP contribution in [0.4, 0.5) is 16.3 Å². The molecule has 0 radical (unpaired) electrons. The molecular formula is C16H29N5O2. The van der Waals surface area contributed by atoms with Crippen LogP contribution in [0.25, 0.3) is 0 Å². The summed E-state index contributed by atoms with van der Waals surface area (Å²) in [6, 6.07) is 0.154. The van der Waals surface area contributed by atoms with Crippen molar-refractivity contribution >= 4 is 17.6 Å². The van der Waals surface area contributed by atoms with E-state index in [1.54, 1.807) is 0 Å². The summed E-state index contributed by atoms with van der Waals surface area (Å²) in [6.07, 6.45) is 4.40. The van der Waals surface area contributed by atoms with Crippen molar-refractivity contribution in [1.29, 1.82) is 0 Å². The average molecular weight is 323 g/mol. The normalized spacial score (nSPS) is 19.2. The molecule has 1 amide bonds. The van der Waals surface area contributed by atoms with Crippen molar-refractivity contribution in [3.05, 3.63) is 6.20 Å². The van der Waals surface area contributed by atoms with Crippen LogP contribution in [-0.2, 0) is 11.8 Å². The number of amides is 1. The number of carbonyl (C=O) groups excluding carboxylic acids is 1. The summed E-state index contributed by atoms with van der Waals surface area (Å²) in [5, 5.41) is 10.5. The Bertz CT molecular complexity index is 535. The molecule has 1 atom stereocenters. The lowest BCUT2D eigenvalue weighted by Gasteiger charge is -2.25. The fourth-order valence-electron chi connectivity index (χ4n) is 2.91. The summed E-state index contributed by atoms with van der Waals surface area (Å²) in [5.74, 6) is 1.10. The minimum absolute atomic E-state index is 0.154. The maximum atomic E-state index is 11.9. The Hall–Kier alpha value is -1.92. The summed E-state index contributed by atoms with van der Waals surface area (Å²) in [5.41, 5.74) is 0.572. The molecule has 23 heavy (non-hydrogen) atoms. The molecule has 1 aliphatic rings. The van der Waals surface area contributed by atoms with Gasteiger partial charge < -0.3 is 20.3 Å². The van der Waals surface area contributed by atoms with Gasteiger partial charge in [0, 0.05) is 33.2 Å². The third-order valence-electron chi connectivity index (χ3n) is 3.93. The second-order valence-electron chi connectivity index (χ2n) is 7.02. The number of aryl methyl sites for hydroxylation is 1. The number of anilines is 2. The van der Waals surface area contributed by atoms with Crippen LogP contribution >= 0.6 is 0 Å². The Labute approximate surface area is 138 Å². The Kier molecular flexibility index (Phi) is 5.38. The van der Waals surface area contributed by atoms with Gasteiger partial charge in [-0.05, 0) is 40.0 Å². The molecule has 7 heteroatoms. The summed E-state index contributed by atoms with van der Waals surface area (Å²) in [7, 11) is 3.86. The van der Waals surface area contributed by atoms with Crippen LogP contribution in [0.15, 0.2) is 6.20 Å². The number of aromatic nitrogens is 2. The van der Waals surface area contributed by atoms with Gasteiger partial charge in [0.05, 0.1) is 11.9 Å². The minimum Gasteiger partial charge on any atom is -0.444 e. The molecule has 7 nitrogen and oxygen atoms in total. The van der Waals surface area contributed by atoms with Crippen LogP contribution in [-0.4, -0.2) is 47.7 Å². The average Bonchev–Trinajstić information content (AvgIpc) is 2.66. The van der Waals surface area contributed by atoms with E-state index in [2.05, 4.69) is 20.6 Å². The monoisotopic (exact) mass is 323 g/mol. The van der Waals surface area contributed by atoms with Crippen molar-refractivity contribution in [2.24, 2.45) is 7.05 Å². The third-order valence-corrected chi connectivity index (χ3v) is 3.93. The van der Waals surface area contributed by atoms with Crippen molar-refractivity contribution in [2.45, 2.75) is 51.7 Å². The lowest BCUT2D eigenvalue weighted by atomic mass is 10.1. The zero-order chi connectivity index (χ0) is 17.0. The summed E-state index contributed by atoms with van der Waals surface area (Å²) < 4.78 is 7.24. The van der Waals surface area contributed by atoms with Gasteiger partial charge in [0.15, 0.2) is 0 Å². The lowest BCUT2D eigenvalue weighted by Crippen LogP contribution is -2.39. The fraction of sp³-hybridized carbons (Fsp3) is 0.750. The molecule has 1 saturated heterocycles. The van der Waals surface area contributed by atoms with E-state index in [0.29, 0.717) is 0 Å². The summed E-state index contributed by atoms with van der Waals surface area (Å²) in [6.45, 7) is 7.48. The highest BCUT2D eigenvalue weighted by Gasteiger charge is 2.24. The quantitative estimate of drug-likeness (QED) is 0.893. The molecule has 0 spiro atoms. The Morgan fingerprint density at radius 1 is 1.35 bits per heavy atom. The van der Waals surface area contributed by atoms with Crippen molar-refractivity contribution in [3.63, 3.8) is 0 Å². The zero-order valence-electron chi connectivity index (χ0n) is 14.8. The number of ether oxygens (including phenoxy) is 1. The molecule has 2 rings (SSSR count). The van der Waals surface area contributed by atoms with Crippen molar-refractivity contribution < 1.29 is 9.53 Å². The van der Waals surface area contributed by atoms with Crippen LogP contribution in [0, 0.1) is 0 Å². The van der Waals surface area contributed by atoms with E-state index in [9.17, 15) is 4.79 Å². The molecule has 0 aliphatic carbocycles. The van der Waals surface area contributed by atoms with Crippen LogP contribution < -0.4 is 15.5 Å². The topological polar surface area (TPSA) is 71.4 Å². The predicted molar refractivity (Wildman–Crippen MR) is 92.0 cm³/mol. The number of carbonyl (C=O) groups is 1. The number of nitrogens with one attached hydrogen (secondary N) is 2. The van der Waals surface area contributed by atoms with Crippen LogP contribution in [0.3, 0.4) is 0 Å². The number of hydrogen-bond acceptors (Lipinski definition) is 5. The van der Waals surface area contributed by atoms with Gasteiger partial charge in [0.25, 0.3) is 0 Å². The van der Waals surface area contributed by atoms with Crippen LogP contribution in [0.1, 0.15) is 40.0 Å². The van der Waals surface area contributed by atoms with E-state index >= 15 is 0 Å². The molecule has 0 aromatic carbocycles. The predicted octanol–water partition coefficient (Wildman–Crippen LogP) is 2.35. The summed E-state index contributed by atoms with van der Waals surface area (Å²) in [4.78, 5) is 14.3. The first-order valence-corrected chi connectivity index (χ1v) is 8.24. The second-order valence-corrected chi connectivity index (χ2v) is 7.02. The molecular weight excluding hydrogens is 294 g/mol. The molecule has 2 heterocycles. The van der Waals surface area contributed by atoms with E-state index in [1.807, 2.05) is 45.7 Å². The smallest absolute Gasteiger partial charge is 0.407 e. The molecule has 0 bridgehead atoms. The maximum Gasteiger partial charge on any atom is 0.407 e. The number of rotatable bonds is 3. The standard InChI is InChI=1S/C16H29N5O2/c1-16(2,3)23-15(22)19-12-7-6-9-21(10-8-12)14-13(17-4)11-18-20(14)5/h11-12,17H,6-10H2,1-5H3,(H,19,22). The molecule has 2 N–H and O–H groups in total. The molecule has 0 saturated carbocycles. The van der Waals surface area contributed by atoms with Gasteiger partial charge >= 0.3 is 6.09 Å². The first-order chi connectivity index (χ1) is 10.8. The molecule has 130 valence electrons. The SMILES string of the molecule is CNc1cnn(C)c1N1CCCC(NC(=O)OC(C)(C)C)CC1. The number of alkyl carbamates (subject to hydrolysis) is 1. The Morgan fingerprint density at radius 2 is 2.09 bits per heavy atom. The highest BCUT2D eigenvalue weighted by Crippen LogP contribution is 2.27.